The Bertz CT molecular complexity index is 257. The van der Waals surface area contributed by atoms with E-state index in [0.29, 0.717) is 5.92 Å². The maximum Gasteiger partial charge on any atom is 0.0206 e. The van der Waals surface area contributed by atoms with Gasteiger partial charge in [0.25, 0.3) is 0 Å². The third kappa shape index (κ3) is 6.09. The molecule has 0 fully saturated rings. The lowest BCUT2D eigenvalue weighted by Crippen LogP contribution is -2.25. The highest BCUT2D eigenvalue weighted by Gasteiger charge is 2.10. The minimum Gasteiger partial charge on any atom is -0.387 e. The van der Waals surface area contributed by atoms with Crippen molar-refractivity contribution in [3.8, 4) is 0 Å². The van der Waals surface area contributed by atoms with Crippen molar-refractivity contribution in [3.63, 3.8) is 0 Å². The van der Waals surface area contributed by atoms with Gasteiger partial charge in [-0.2, -0.15) is 0 Å². The molecular weight excluding hydrogens is 218 g/mol. The van der Waals surface area contributed by atoms with Crippen LogP contribution in [0.3, 0.4) is 0 Å². The Hall–Kier alpha value is -0.980. The maximum absolute atomic E-state index is 3.87. The molecule has 18 heavy (non-hydrogen) atoms. The molecule has 0 radical (unpaired) electrons. The van der Waals surface area contributed by atoms with E-state index in [0.717, 1.165) is 18.0 Å². The third-order valence-corrected chi connectivity index (χ3v) is 3.30. The second kappa shape index (κ2) is 9.99. The van der Waals surface area contributed by atoms with Crippen LogP contribution in [-0.4, -0.2) is 6.54 Å². The van der Waals surface area contributed by atoms with Crippen molar-refractivity contribution in [2.24, 2.45) is 11.8 Å². The highest BCUT2D eigenvalue weighted by molar-refractivity contribution is 5.33. The molecule has 0 rings (SSSR count). The third-order valence-electron chi connectivity index (χ3n) is 3.30. The second-order valence-electron chi connectivity index (χ2n) is 5.26. The molecule has 0 aromatic heterocycles. The predicted octanol–water partition coefficient (Wildman–Crippen LogP) is 5.07. The standard InChI is InChI=1S/C17H31N/c1-7-11-15(12-8-2)13-18-17(14(5)6)16(9-3)10-4/h9-10,14-15,18H,3-4,7-8,11-13H2,1-2,5-6H3. The maximum atomic E-state index is 3.87. The van der Waals surface area contributed by atoms with Gasteiger partial charge in [-0.15, -0.1) is 0 Å². The van der Waals surface area contributed by atoms with Crippen LogP contribution in [0, 0.1) is 11.8 Å². The van der Waals surface area contributed by atoms with Crippen LogP contribution in [0.2, 0.25) is 0 Å². The van der Waals surface area contributed by atoms with Crippen molar-refractivity contribution in [1.82, 2.24) is 5.32 Å². The highest BCUT2D eigenvalue weighted by Crippen LogP contribution is 2.17. The summed E-state index contributed by atoms with van der Waals surface area (Å²) in [7, 11) is 0. The van der Waals surface area contributed by atoms with E-state index in [1.54, 1.807) is 0 Å². The van der Waals surface area contributed by atoms with Crippen molar-refractivity contribution in [2.45, 2.75) is 53.4 Å². The fourth-order valence-corrected chi connectivity index (χ4v) is 2.36. The molecule has 0 aliphatic heterocycles. The molecule has 0 saturated carbocycles. The van der Waals surface area contributed by atoms with E-state index in [1.165, 1.54) is 31.4 Å². The van der Waals surface area contributed by atoms with Crippen LogP contribution < -0.4 is 5.32 Å². The summed E-state index contributed by atoms with van der Waals surface area (Å²) in [5.41, 5.74) is 2.41. The van der Waals surface area contributed by atoms with Crippen molar-refractivity contribution in [1.29, 1.82) is 0 Å². The summed E-state index contributed by atoms with van der Waals surface area (Å²) in [5.74, 6) is 1.27. The second-order valence-corrected chi connectivity index (χ2v) is 5.26. The Morgan fingerprint density at radius 1 is 1.06 bits per heavy atom. The molecule has 1 heteroatoms. The van der Waals surface area contributed by atoms with Crippen LogP contribution >= 0.6 is 0 Å². The molecule has 0 saturated heterocycles. The smallest absolute Gasteiger partial charge is 0.0206 e. The Labute approximate surface area is 114 Å². The van der Waals surface area contributed by atoms with E-state index in [4.69, 9.17) is 0 Å². The zero-order valence-corrected chi connectivity index (χ0v) is 12.8. The lowest BCUT2D eigenvalue weighted by atomic mass is 9.97. The predicted molar refractivity (Wildman–Crippen MR) is 83.6 cm³/mol. The fourth-order valence-electron chi connectivity index (χ4n) is 2.36. The summed E-state index contributed by atoms with van der Waals surface area (Å²) in [5, 5.41) is 3.63. The fraction of sp³-hybridized carbons (Fsp3) is 0.647. The minimum absolute atomic E-state index is 0.486. The van der Waals surface area contributed by atoms with Gasteiger partial charge in [0.05, 0.1) is 0 Å². The summed E-state index contributed by atoms with van der Waals surface area (Å²) in [4.78, 5) is 0. The normalized spacial score (nSPS) is 10.6. The van der Waals surface area contributed by atoms with Gasteiger partial charge in [0.2, 0.25) is 0 Å². The minimum atomic E-state index is 0.486. The Kier molecular flexibility index (Phi) is 9.45. The molecule has 0 atom stereocenters. The number of rotatable bonds is 10. The van der Waals surface area contributed by atoms with E-state index in [-0.39, 0.29) is 0 Å². The molecule has 0 aliphatic carbocycles. The van der Waals surface area contributed by atoms with Gasteiger partial charge in [-0.05, 0) is 30.3 Å². The summed E-state index contributed by atoms with van der Waals surface area (Å²) < 4.78 is 0. The van der Waals surface area contributed by atoms with Crippen LogP contribution in [0.1, 0.15) is 53.4 Å². The van der Waals surface area contributed by atoms with Gasteiger partial charge in [-0.1, -0.05) is 65.8 Å². The molecule has 0 bridgehead atoms. The van der Waals surface area contributed by atoms with Gasteiger partial charge in [0.1, 0.15) is 0 Å². The summed E-state index contributed by atoms with van der Waals surface area (Å²) in [6.07, 6.45) is 8.94. The lowest BCUT2D eigenvalue weighted by molar-refractivity contribution is 0.417. The van der Waals surface area contributed by atoms with Crippen LogP contribution in [0.15, 0.2) is 36.6 Å². The first-order valence-electron chi connectivity index (χ1n) is 7.33. The average Bonchev–Trinajstić information content (AvgIpc) is 2.34. The van der Waals surface area contributed by atoms with Crippen LogP contribution in [-0.2, 0) is 0 Å². The van der Waals surface area contributed by atoms with Crippen LogP contribution in [0.5, 0.6) is 0 Å². The molecular formula is C17H31N. The molecule has 1 nitrogen and oxygen atoms in total. The number of nitrogens with one attached hydrogen (secondary N) is 1. The Balaban J connectivity index is 4.64. The summed E-state index contributed by atoms with van der Waals surface area (Å²) >= 11 is 0. The molecule has 0 aliphatic rings. The number of hydrogen-bond donors (Lipinski definition) is 1. The van der Waals surface area contributed by atoms with Gasteiger partial charge >= 0.3 is 0 Å². The largest absolute Gasteiger partial charge is 0.387 e. The van der Waals surface area contributed by atoms with Crippen LogP contribution in [0.25, 0.3) is 0 Å². The van der Waals surface area contributed by atoms with E-state index < -0.39 is 0 Å². The van der Waals surface area contributed by atoms with Gasteiger partial charge in [-0.25, -0.2) is 0 Å². The van der Waals surface area contributed by atoms with Gasteiger partial charge in [0, 0.05) is 12.2 Å². The molecule has 0 heterocycles. The molecule has 0 aromatic carbocycles. The molecule has 0 unspecified atom stereocenters. The SMILES string of the molecule is C=CC(C=C)=C(NCC(CCC)CCC)C(C)C. The van der Waals surface area contributed by atoms with Crippen molar-refractivity contribution in [3.05, 3.63) is 36.6 Å². The monoisotopic (exact) mass is 249 g/mol. The van der Waals surface area contributed by atoms with Gasteiger partial charge in [0.15, 0.2) is 0 Å². The highest BCUT2D eigenvalue weighted by atomic mass is 14.9. The Morgan fingerprint density at radius 2 is 1.56 bits per heavy atom. The average molecular weight is 249 g/mol. The first-order chi connectivity index (χ1) is 8.60. The molecule has 0 spiro atoms. The summed E-state index contributed by atoms with van der Waals surface area (Å²) in [6.45, 7) is 17.8. The van der Waals surface area contributed by atoms with E-state index in [9.17, 15) is 0 Å². The molecule has 104 valence electrons. The zero-order valence-electron chi connectivity index (χ0n) is 12.8. The van der Waals surface area contributed by atoms with E-state index in [1.807, 2.05) is 12.2 Å². The number of hydrogen-bond acceptors (Lipinski definition) is 1. The lowest BCUT2D eigenvalue weighted by Gasteiger charge is -2.22. The topological polar surface area (TPSA) is 12.0 Å². The first kappa shape index (κ1) is 17.0. The molecule has 1 N–H and O–H groups in total. The quantitative estimate of drug-likeness (QED) is 0.533. The molecule has 0 amide bonds. The number of allylic oxidation sites excluding steroid dienone is 4. The zero-order chi connectivity index (χ0) is 14.0. The van der Waals surface area contributed by atoms with E-state index in [2.05, 4.69) is 46.2 Å². The van der Waals surface area contributed by atoms with Gasteiger partial charge < -0.3 is 5.32 Å². The molecule has 0 aromatic rings. The van der Waals surface area contributed by atoms with Gasteiger partial charge in [-0.3, -0.25) is 0 Å². The van der Waals surface area contributed by atoms with Crippen molar-refractivity contribution >= 4 is 0 Å². The van der Waals surface area contributed by atoms with Crippen molar-refractivity contribution < 1.29 is 0 Å². The first-order valence-corrected chi connectivity index (χ1v) is 7.33. The van der Waals surface area contributed by atoms with E-state index >= 15 is 0 Å². The van der Waals surface area contributed by atoms with Crippen LogP contribution in [0.4, 0.5) is 0 Å². The van der Waals surface area contributed by atoms with Crippen molar-refractivity contribution in [2.75, 3.05) is 6.54 Å². The summed E-state index contributed by atoms with van der Waals surface area (Å²) in [6, 6.07) is 0. The Morgan fingerprint density at radius 3 is 1.89 bits per heavy atom.